The number of nitriles is 1. The number of carbonyl (C=O) groups is 2. The Morgan fingerprint density at radius 2 is 1.82 bits per heavy atom. The normalized spacial score (nSPS) is 10.8. The SMILES string of the molecule is COc1ccc(C(=O)Oc2ccc(C=C(C#N)C(=O)Nc3cc(C)on3)cc2Br)cc1OC. The van der Waals surface area contributed by atoms with E-state index in [0.717, 1.165) is 0 Å². The van der Waals surface area contributed by atoms with E-state index in [1.165, 1.54) is 32.4 Å². The first-order valence-electron chi connectivity index (χ1n) is 9.44. The number of methoxy groups -OCH3 is 2. The van der Waals surface area contributed by atoms with Crippen molar-refractivity contribution in [3.8, 4) is 23.3 Å². The summed E-state index contributed by atoms with van der Waals surface area (Å²) in [6, 6.07) is 12.8. The van der Waals surface area contributed by atoms with Crippen molar-refractivity contribution in [1.29, 1.82) is 5.26 Å². The predicted molar refractivity (Wildman–Crippen MR) is 122 cm³/mol. The molecule has 0 aliphatic carbocycles. The highest BCUT2D eigenvalue weighted by atomic mass is 79.9. The van der Waals surface area contributed by atoms with Gasteiger partial charge in [-0.15, -0.1) is 0 Å². The Kier molecular flexibility index (Phi) is 7.48. The number of ether oxygens (including phenoxy) is 3. The first kappa shape index (κ1) is 23.6. The molecule has 3 rings (SSSR count). The number of benzene rings is 2. The van der Waals surface area contributed by atoms with Gasteiger partial charge in [0.2, 0.25) is 0 Å². The minimum atomic E-state index is -0.633. The quantitative estimate of drug-likeness (QED) is 0.212. The molecule has 9 nitrogen and oxygen atoms in total. The van der Waals surface area contributed by atoms with E-state index >= 15 is 0 Å². The molecule has 2 aromatic carbocycles. The van der Waals surface area contributed by atoms with Crippen molar-refractivity contribution in [3.63, 3.8) is 0 Å². The summed E-state index contributed by atoms with van der Waals surface area (Å²) in [6.45, 7) is 1.68. The third kappa shape index (κ3) is 5.78. The highest BCUT2D eigenvalue weighted by molar-refractivity contribution is 9.10. The predicted octanol–water partition coefficient (Wildman–Crippen LogP) is 4.53. The van der Waals surface area contributed by atoms with Crippen LogP contribution in [0.5, 0.6) is 17.2 Å². The van der Waals surface area contributed by atoms with Gasteiger partial charge in [0.05, 0.1) is 24.3 Å². The van der Waals surface area contributed by atoms with E-state index in [1.54, 1.807) is 37.3 Å². The second-order valence-electron chi connectivity index (χ2n) is 6.60. The van der Waals surface area contributed by atoms with Crippen LogP contribution in [-0.4, -0.2) is 31.3 Å². The van der Waals surface area contributed by atoms with Crippen molar-refractivity contribution in [1.82, 2.24) is 5.16 Å². The molecular weight excluding hydrogens is 494 g/mol. The zero-order chi connectivity index (χ0) is 24.0. The van der Waals surface area contributed by atoms with Crippen LogP contribution >= 0.6 is 15.9 Å². The van der Waals surface area contributed by atoms with Crippen molar-refractivity contribution >= 4 is 39.7 Å². The van der Waals surface area contributed by atoms with Crippen molar-refractivity contribution in [2.75, 3.05) is 19.5 Å². The number of aromatic nitrogens is 1. The molecule has 1 N–H and O–H groups in total. The van der Waals surface area contributed by atoms with Crippen LogP contribution in [0.15, 0.2) is 57.0 Å². The Labute approximate surface area is 197 Å². The average molecular weight is 512 g/mol. The van der Waals surface area contributed by atoms with E-state index < -0.39 is 11.9 Å². The van der Waals surface area contributed by atoms with Gasteiger partial charge in [0.1, 0.15) is 23.2 Å². The Bertz CT molecular complexity index is 1280. The number of nitrogens with one attached hydrogen (secondary N) is 1. The van der Waals surface area contributed by atoms with Crippen LogP contribution in [0.4, 0.5) is 5.82 Å². The smallest absolute Gasteiger partial charge is 0.343 e. The lowest BCUT2D eigenvalue weighted by Crippen LogP contribution is -2.13. The largest absolute Gasteiger partial charge is 0.493 e. The first-order valence-corrected chi connectivity index (χ1v) is 10.2. The summed E-state index contributed by atoms with van der Waals surface area (Å²) < 4.78 is 21.2. The van der Waals surface area contributed by atoms with Gasteiger partial charge in [-0.3, -0.25) is 4.79 Å². The number of carbonyl (C=O) groups excluding carboxylic acids is 2. The zero-order valence-corrected chi connectivity index (χ0v) is 19.4. The molecule has 0 saturated carbocycles. The molecule has 0 radical (unpaired) electrons. The third-order valence-electron chi connectivity index (χ3n) is 4.32. The minimum absolute atomic E-state index is 0.141. The molecule has 0 aliphatic heterocycles. The second-order valence-corrected chi connectivity index (χ2v) is 7.45. The molecule has 0 unspecified atom stereocenters. The maximum absolute atomic E-state index is 12.5. The molecule has 0 bridgehead atoms. The lowest BCUT2D eigenvalue weighted by atomic mass is 10.1. The Hall–Kier alpha value is -4.10. The van der Waals surface area contributed by atoms with Gasteiger partial charge in [0, 0.05) is 6.07 Å². The number of aryl methyl sites for hydroxylation is 1. The van der Waals surface area contributed by atoms with Crippen LogP contribution in [0.3, 0.4) is 0 Å². The molecule has 0 atom stereocenters. The van der Waals surface area contributed by atoms with Crippen molar-refractivity contribution in [2.24, 2.45) is 0 Å². The molecular formula is C23H18BrN3O6. The number of anilines is 1. The molecule has 33 heavy (non-hydrogen) atoms. The van der Waals surface area contributed by atoms with E-state index in [9.17, 15) is 14.9 Å². The summed E-state index contributed by atoms with van der Waals surface area (Å²) in [7, 11) is 2.97. The Morgan fingerprint density at radius 3 is 2.42 bits per heavy atom. The summed E-state index contributed by atoms with van der Waals surface area (Å²) in [5, 5.41) is 15.5. The first-order chi connectivity index (χ1) is 15.8. The standard InChI is InChI=1S/C23H18BrN3O6/c1-13-8-21(27-33-13)26-22(28)16(12-25)9-14-4-6-18(17(24)10-14)32-23(29)15-5-7-19(30-2)20(11-15)31-3/h4-11H,1-3H3,(H,26,27,28). The molecule has 0 saturated heterocycles. The van der Waals surface area contributed by atoms with Gasteiger partial charge < -0.3 is 24.1 Å². The highest BCUT2D eigenvalue weighted by Crippen LogP contribution is 2.30. The van der Waals surface area contributed by atoms with Gasteiger partial charge in [0.25, 0.3) is 5.91 Å². The van der Waals surface area contributed by atoms with Gasteiger partial charge in [-0.1, -0.05) is 11.2 Å². The summed E-state index contributed by atoms with van der Waals surface area (Å²) in [5.74, 6) is 0.642. The fourth-order valence-corrected chi connectivity index (χ4v) is 3.21. The fourth-order valence-electron chi connectivity index (χ4n) is 2.74. The van der Waals surface area contributed by atoms with E-state index in [0.29, 0.717) is 27.3 Å². The van der Waals surface area contributed by atoms with Gasteiger partial charge >= 0.3 is 5.97 Å². The summed E-state index contributed by atoms with van der Waals surface area (Å²) >= 11 is 3.35. The van der Waals surface area contributed by atoms with Crippen LogP contribution < -0.4 is 19.5 Å². The van der Waals surface area contributed by atoms with Gasteiger partial charge in [-0.05, 0) is 64.8 Å². The number of esters is 1. The third-order valence-corrected chi connectivity index (χ3v) is 4.94. The van der Waals surface area contributed by atoms with Crippen LogP contribution in [0.25, 0.3) is 6.08 Å². The molecule has 1 amide bonds. The molecule has 10 heteroatoms. The number of hydrogen-bond acceptors (Lipinski definition) is 8. The monoisotopic (exact) mass is 511 g/mol. The van der Waals surface area contributed by atoms with E-state index in [1.807, 2.05) is 6.07 Å². The van der Waals surface area contributed by atoms with Crippen molar-refractivity contribution in [3.05, 3.63) is 69.4 Å². The second kappa shape index (κ2) is 10.5. The number of hydrogen-bond donors (Lipinski definition) is 1. The zero-order valence-electron chi connectivity index (χ0n) is 17.8. The average Bonchev–Trinajstić information content (AvgIpc) is 3.22. The Balaban J connectivity index is 1.75. The maximum atomic E-state index is 12.5. The van der Waals surface area contributed by atoms with E-state index in [-0.39, 0.29) is 22.7 Å². The molecule has 1 heterocycles. The minimum Gasteiger partial charge on any atom is -0.493 e. The Morgan fingerprint density at radius 1 is 1.09 bits per heavy atom. The van der Waals surface area contributed by atoms with Crippen molar-refractivity contribution in [2.45, 2.75) is 6.92 Å². The van der Waals surface area contributed by atoms with Crippen LogP contribution in [0.2, 0.25) is 0 Å². The molecule has 0 aliphatic rings. The topological polar surface area (TPSA) is 124 Å². The van der Waals surface area contributed by atoms with Gasteiger partial charge in [-0.25, -0.2) is 4.79 Å². The molecule has 0 fully saturated rings. The number of amides is 1. The number of rotatable bonds is 7. The van der Waals surface area contributed by atoms with Crippen LogP contribution in [-0.2, 0) is 4.79 Å². The van der Waals surface area contributed by atoms with Crippen LogP contribution in [0, 0.1) is 18.3 Å². The molecule has 0 spiro atoms. The maximum Gasteiger partial charge on any atom is 0.343 e. The molecule has 3 aromatic rings. The number of nitrogens with zero attached hydrogens (tertiary/aromatic N) is 2. The lowest BCUT2D eigenvalue weighted by Gasteiger charge is -2.10. The lowest BCUT2D eigenvalue weighted by molar-refractivity contribution is -0.112. The highest BCUT2D eigenvalue weighted by Gasteiger charge is 2.16. The van der Waals surface area contributed by atoms with Gasteiger partial charge in [-0.2, -0.15) is 5.26 Å². The van der Waals surface area contributed by atoms with Crippen molar-refractivity contribution < 1.29 is 28.3 Å². The van der Waals surface area contributed by atoms with E-state index in [2.05, 4.69) is 26.4 Å². The van der Waals surface area contributed by atoms with Crippen LogP contribution in [0.1, 0.15) is 21.7 Å². The summed E-state index contributed by atoms with van der Waals surface area (Å²) in [4.78, 5) is 24.9. The molecule has 168 valence electrons. The summed E-state index contributed by atoms with van der Waals surface area (Å²) in [5.41, 5.74) is 0.670. The van der Waals surface area contributed by atoms with E-state index in [4.69, 9.17) is 18.7 Å². The summed E-state index contributed by atoms with van der Waals surface area (Å²) in [6.07, 6.45) is 1.40. The fraction of sp³-hybridized carbons (Fsp3) is 0.130. The van der Waals surface area contributed by atoms with Gasteiger partial charge in [0.15, 0.2) is 17.3 Å². The molecule has 1 aromatic heterocycles. The number of halogens is 1.